The third-order valence-electron chi connectivity index (χ3n) is 3.14. The number of hydrogen-bond acceptors (Lipinski definition) is 3. The van der Waals surface area contributed by atoms with Crippen molar-refractivity contribution >= 4 is 21.7 Å². The highest BCUT2D eigenvalue weighted by atomic mass is 79.9. The molecular weight excluding hydrogens is 306 g/mol. The molecule has 0 fully saturated rings. The summed E-state index contributed by atoms with van der Waals surface area (Å²) in [7, 11) is 0. The molecule has 1 aliphatic heterocycles. The van der Waals surface area contributed by atoms with Crippen molar-refractivity contribution in [3.63, 3.8) is 0 Å². The highest BCUT2D eigenvalue weighted by Crippen LogP contribution is 2.30. The van der Waals surface area contributed by atoms with Gasteiger partial charge >= 0.3 is 0 Å². The van der Waals surface area contributed by atoms with Crippen LogP contribution < -0.4 is 4.74 Å². The van der Waals surface area contributed by atoms with Gasteiger partial charge in [0.1, 0.15) is 11.4 Å². The standard InChI is InChI=1S/C15H12BrNO2/c16-11-6-7-13(17-9-11)14(18)12-5-1-3-10-4-2-8-19-15(10)12/h1,3,5-7,9H,2,4,8H2. The number of aryl methyl sites for hydroxylation is 1. The van der Waals surface area contributed by atoms with Crippen LogP contribution in [0.2, 0.25) is 0 Å². The second-order valence-corrected chi connectivity index (χ2v) is 5.35. The fraction of sp³-hybridized carbons (Fsp3) is 0.200. The van der Waals surface area contributed by atoms with Crippen molar-refractivity contribution in [2.45, 2.75) is 12.8 Å². The molecular formula is C15H12BrNO2. The van der Waals surface area contributed by atoms with Crippen LogP contribution >= 0.6 is 15.9 Å². The van der Waals surface area contributed by atoms with Gasteiger partial charge in [0.25, 0.3) is 0 Å². The van der Waals surface area contributed by atoms with E-state index in [2.05, 4.69) is 20.9 Å². The van der Waals surface area contributed by atoms with Crippen molar-refractivity contribution in [2.75, 3.05) is 6.61 Å². The molecule has 0 saturated heterocycles. The lowest BCUT2D eigenvalue weighted by atomic mass is 9.99. The Morgan fingerprint density at radius 1 is 1.26 bits per heavy atom. The Hall–Kier alpha value is -1.68. The molecule has 0 amide bonds. The number of rotatable bonds is 2. The van der Waals surface area contributed by atoms with Crippen molar-refractivity contribution in [3.8, 4) is 5.75 Å². The van der Waals surface area contributed by atoms with Crippen molar-refractivity contribution in [2.24, 2.45) is 0 Å². The van der Waals surface area contributed by atoms with E-state index in [4.69, 9.17) is 4.74 Å². The van der Waals surface area contributed by atoms with E-state index in [0.717, 1.165) is 28.6 Å². The molecule has 0 N–H and O–H groups in total. The van der Waals surface area contributed by atoms with Gasteiger partial charge in [-0.05, 0) is 52.5 Å². The minimum absolute atomic E-state index is 0.0914. The van der Waals surface area contributed by atoms with Gasteiger partial charge in [-0.1, -0.05) is 12.1 Å². The number of carbonyl (C=O) groups is 1. The summed E-state index contributed by atoms with van der Waals surface area (Å²) in [4.78, 5) is 16.6. The number of benzene rings is 1. The van der Waals surface area contributed by atoms with E-state index in [1.54, 1.807) is 18.3 Å². The molecule has 96 valence electrons. The van der Waals surface area contributed by atoms with Crippen molar-refractivity contribution in [3.05, 3.63) is 57.8 Å². The number of halogens is 1. The first-order valence-corrected chi connectivity index (χ1v) is 6.96. The number of hydrogen-bond donors (Lipinski definition) is 0. The number of para-hydroxylation sites is 1. The van der Waals surface area contributed by atoms with Gasteiger partial charge < -0.3 is 4.74 Å². The molecule has 0 aliphatic carbocycles. The molecule has 0 bridgehead atoms. The lowest BCUT2D eigenvalue weighted by Crippen LogP contribution is -2.14. The van der Waals surface area contributed by atoms with Crippen molar-refractivity contribution < 1.29 is 9.53 Å². The zero-order chi connectivity index (χ0) is 13.2. The van der Waals surface area contributed by atoms with Gasteiger partial charge in [-0.3, -0.25) is 9.78 Å². The Bertz CT molecular complexity index is 623. The van der Waals surface area contributed by atoms with E-state index >= 15 is 0 Å². The van der Waals surface area contributed by atoms with Crippen LogP contribution in [0.3, 0.4) is 0 Å². The number of fused-ring (bicyclic) bond motifs is 1. The molecule has 0 unspecified atom stereocenters. The molecule has 0 saturated carbocycles. The van der Waals surface area contributed by atoms with Crippen LogP contribution in [-0.2, 0) is 6.42 Å². The third kappa shape index (κ3) is 2.40. The first kappa shape index (κ1) is 12.4. The summed E-state index contributed by atoms with van der Waals surface area (Å²) >= 11 is 3.31. The van der Waals surface area contributed by atoms with Crippen LogP contribution in [0.4, 0.5) is 0 Å². The summed E-state index contributed by atoms with van der Waals surface area (Å²) in [6, 6.07) is 9.25. The van der Waals surface area contributed by atoms with E-state index in [0.29, 0.717) is 17.9 Å². The molecule has 0 spiro atoms. The smallest absolute Gasteiger partial charge is 0.215 e. The fourth-order valence-electron chi connectivity index (χ4n) is 2.22. The molecule has 0 atom stereocenters. The van der Waals surface area contributed by atoms with Gasteiger partial charge in [-0.25, -0.2) is 0 Å². The molecule has 3 nitrogen and oxygen atoms in total. The molecule has 1 aromatic carbocycles. The summed E-state index contributed by atoms with van der Waals surface area (Å²) in [5, 5.41) is 0. The lowest BCUT2D eigenvalue weighted by molar-refractivity contribution is 0.102. The predicted octanol–water partition coefficient (Wildman–Crippen LogP) is 3.40. The van der Waals surface area contributed by atoms with Crippen LogP contribution in [-0.4, -0.2) is 17.4 Å². The minimum Gasteiger partial charge on any atom is -0.493 e. The van der Waals surface area contributed by atoms with E-state index in [9.17, 15) is 4.79 Å². The molecule has 1 aromatic heterocycles. The zero-order valence-corrected chi connectivity index (χ0v) is 11.8. The van der Waals surface area contributed by atoms with Crippen LogP contribution in [0.1, 0.15) is 28.0 Å². The quantitative estimate of drug-likeness (QED) is 0.797. The molecule has 1 aliphatic rings. The van der Waals surface area contributed by atoms with E-state index in [1.807, 2.05) is 18.2 Å². The Morgan fingerprint density at radius 2 is 2.16 bits per heavy atom. The summed E-state index contributed by atoms with van der Waals surface area (Å²) in [5.74, 6) is 0.634. The normalized spacial score (nSPS) is 13.5. The number of ketones is 1. The summed E-state index contributed by atoms with van der Waals surface area (Å²) < 4.78 is 6.52. The largest absolute Gasteiger partial charge is 0.493 e. The van der Waals surface area contributed by atoms with Crippen LogP contribution in [0, 0.1) is 0 Å². The zero-order valence-electron chi connectivity index (χ0n) is 10.2. The van der Waals surface area contributed by atoms with E-state index in [-0.39, 0.29) is 5.78 Å². The number of carbonyl (C=O) groups excluding carboxylic acids is 1. The lowest BCUT2D eigenvalue weighted by Gasteiger charge is -2.19. The fourth-order valence-corrected chi connectivity index (χ4v) is 2.45. The van der Waals surface area contributed by atoms with Gasteiger partial charge in [0.2, 0.25) is 5.78 Å². The second-order valence-electron chi connectivity index (χ2n) is 4.44. The molecule has 2 aromatic rings. The Kier molecular flexibility index (Phi) is 3.34. The molecule has 19 heavy (non-hydrogen) atoms. The molecule has 4 heteroatoms. The van der Waals surface area contributed by atoms with E-state index < -0.39 is 0 Å². The number of ether oxygens (including phenoxy) is 1. The summed E-state index contributed by atoms with van der Waals surface area (Å²) in [5.41, 5.74) is 2.15. The minimum atomic E-state index is -0.0914. The number of aromatic nitrogens is 1. The van der Waals surface area contributed by atoms with Crippen LogP contribution in [0.5, 0.6) is 5.75 Å². The number of nitrogens with zero attached hydrogens (tertiary/aromatic N) is 1. The first-order valence-electron chi connectivity index (χ1n) is 6.16. The monoisotopic (exact) mass is 317 g/mol. The maximum Gasteiger partial charge on any atom is 0.215 e. The average molecular weight is 318 g/mol. The Labute approximate surface area is 119 Å². The highest BCUT2D eigenvalue weighted by molar-refractivity contribution is 9.10. The maximum absolute atomic E-state index is 12.5. The Balaban J connectivity index is 2.02. The van der Waals surface area contributed by atoms with Crippen LogP contribution in [0.15, 0.2) is 41.0 Å². The molecule has 2 heterocycles. The first-order chi connectivity index (χ1) is 9.25. The van der Waals surface area contributed by atoms with Crippen molar-refractivity contribution in [1.82, 2.24) is 4.98 Å². The van der Waals surface area contributed by atoms with Gasteiger partial charge in [0.05, 0.1) is 12.2 Å². The van der Waals surface area contributed by atoms with Gasteiger partial charge in [0.15, 0.2) is 0 Å². The molecule has 3 rings (SSSR count). The number of pyridine rings is 1. The SMILES string of the molecule is O=C(c1ccc(Br)cn1)c1cccc2c1OCCC2. The third-order valence-corrected chi connectivity index (χ3v) is 3.61. The Morgan fingerprint density at radius 3 is 2.95 bits per heavy atom. The van der Waals surface area contributed by atoms with Gasteiger partial charge in [0, 0.05) is 10.7 Å². The van der Waals surface area contributed by atoms with Gasteiger partial charge in [-0.2, -0.15) is 0 Å². The average Bonchev–Trinajstić information content (AvgIpc) is 2.47. The second kappa shape index (κ2) is 5.13. The van der Waals surface area contributed by atoms with Gasteiger partial charge in [-0.15, -0.1) is 0 Å². The maximum atomic E-state index is 12.5. The van der Waals surface area contributed by atoms with Crippen molar-refractivity contribution in [1.29, 1.82) is 0 Å². The summed E-state index contributed by atoms with van der Waals surface area (Å²) in [6.07, 6.45) is 3.59. The van der Waals surface area contributed by atoms with E-state index in [1.165, 1.54) is 0 Å². The topological polar surface area (TPSA) is 39.2 Å². The summed E-state index contributed by atoms with van der Waals surface area (Å²) in [6.45, 7) is 0.672. The predicted molar refractivity (Wildman–Crippen MR) is 75.6 cm³/mol. The van der Waals surface area contributed by atoms with Crippen LogP contribution in [0.25, 0.3) is 0 Å². The molecule has 0 radical (unpaired) electrons. The highest BCUT2D eigenvalue weighted by Gasteiger charge is 2.20.